The van der Waals surface area contributed by atoms with Crippen LogP contribution in [0.2, 0.25) is 0 Å². The quantitative estimate of drug-likeness (QED) is 0.705. The topological polar surface area (TPSA) is 32.0 Å². The molecule has 0 atom stereocenters. The molecule has 3 aliphatic heterocycles. The summed E-state index contributed by atoms with van der Waals surface area (Å²) in [4.78, 5) is 2.50. The summed E-state index contributed by atoms with van der Waals surface area (Å²) in [6.45, 7) is 2.37. The predicted molar refractivity (Wildman–Crippen MR) is 71.8 cm³/mol. The van der Waals surface area contributed by atoms with Gasteiger partial charge in [-0.3, -0.25) is 0 Å². The number of hydrogen-bond donors (Lipinski definition) is 0. The fourth-order valence-corrected chi connectivity index (χ4v) is 3.69. The van der Waals surface area contributed by atoms with Crippen LogP contribution in [0.1, 0.15) is 29.9 Å². The molecule has 0 saturated carbocycles. The first-order valence-electron chi connectivity index (χ1n) is 6.57. The van der Waals surface area contributed by atoms with Crippen LogP contribution in [0.15, 0.2) is 18.2 Å². The van der Waals surface area contributed by atoms with Crippen molar-refractivity contribution in [2.45, 2.75) is 18.8 Å². The first-order chi connectivity index (χ1) is 8.79. The minimum Gasteiger partial charge on any atom is -0.358 e. The van der Waals surface area contributed by atoms with Crippen molar-refractivity contribution in [3.8, 4) is 6.07 Å². The van der Waals surface area contributed by atoms with E-state index in [0.717, 1.165) is 5.56 Å². The number of aromatic nitrogens is 1. The zero-order chi connectivity index (χ0) is 12.3. The minimum atomic E-state index is 0.697. The zero-order valence-electron chi connectivity index (χ0n) is 10.5. The third-order valence-electron chi connectivity index (χ3n) is 4.54. The highest BCUT2D eigenvalue weighted by Gasteiger charge is 2.35. The lowest BCUT2D eigenvalue weighted by molar-refractivity contribution is 0.469. The van der Waals surface area contributed by atoms with E-state index in [9.17, 15) is 0 Å². The van der Waals surface area contributed by atoms with Crippen LogP contribution in [0.25, 0.3) is 10.9 Å². The Morgan fingerprint density at radius 2 is 2.06 bits per heavy atom. The number of nitriles is 1. The SMILES string of the molecule is Cn1c2c(c3cc(C#N)ccc31)C1CCN2CC1. The van der Waals surface area contributed by atoms with Crippen molar-refractivity contribution in [1.82, 2.24) is 4.57 Å². The summed E-state index contributed by atoms with van der Waals surface area (Å²) in [5, 5.41) is 10.4. The van der Waals surface area contributed by atoms with Crippen molar-refractivity contribution in [2.24, 2.45) is 7.05 Å². The van der Waals surface area contributed by atoms with Gasteiger partial charge < -0.3 is 9.47 Å². The molecular weight excluding hydrogens is 222 g/mol. The average Bonchev–Trinajstić information content (AvgIpc) is 2.76. The lowest BCUT2D eigenvalue weighted by Crippen LogP contribution is -2.39. The molecule has 1 fully saturated rings. The van der Waals surface area contributed by atoms with Crippen LogP contribution in [0.4, 0.5) is 5.82 Å². The van der Waals surface area contributed by atoms with Gasteiger partial charge in [0.05, 0.1) is 11.6 Å². The monoisotopic (exact) mass is 237 g/mol. The van der Waals surface area contributed by atoms with E-state index in [1.54, 1.807) is 0 Å². The van der Waals surface area contributed by atoms with Gasteiger partial charge in [-0.15, -0.1) is 0 Å². The van der Waals surface area contributed by atoms with E-state index in [1.807, 2.05) is 6.07 Å². The lowest BCUT2D eigenvalue weighted by atomic mass is 9.84. The number of piperidine rings is 1. The van der Waals surface area contributed by atoms with Gasteiger partial charge in [0.15, 0.2) is 0 Å². The summed E-state index contributed by atoms with van der Waals surface area (Å²) < 4.78 is 2.30. The first-order valence-corrected chi connectivity index (χ1v) is 6.57. The number of aryl methyl sites for hydroxylation is 1. The van der Waals surface area contributed by atoms with E-state index in [1.165, 1.54) is 48.2 Å². The highest BCUT2D eigenvalue weighted by Crippen LogP contribution is 2.47. The van der Waals surface area contributed by atoms with E-state index < -0.39 is 0 Å². The van der Waals surface area contributed by atoms with Gasteiger partial charge in [0, 0.05) is 36.6 Å². The molecule has 2 bridgehead atoms. The van der Waals surface area contributed by atoms with E-state index >= 15 is 0 Å². The number of nitrogens with zero attached hydrogens (tertiary/aromatic N) is 3. The van der Waals surface area contributed by atoms with Crippen molar-refractivity contribution >= 4 is 16.7 Å². The second kappa shape index (κ2) is 3.29. The molecule has 0 unspecified atom stereocenters. The van der Waals surface area contributed by atoms with Gasteiger partial charge in [-0.05, 0) is 37.0 Å². The van der Waals surface area contributed by atoms with Crippen LogP contribution in [0, 0.1) is 11.3 Å². The Kier molecular flexibility index (Phi) is 1.83. The molecule has 0 spiro atoms. The fourth-order valence-electron chi connectivity index (χ4n) is 3.69. The van der Waals surface area contributed by atoms with Crippen molar-refractivity contribution in [3.63, 3.8) is 0 Å². The van der Waals surface area contributed by atoms with Crippen molar-refractivity contribution < 1.29 is 0 Å². The summed E-state index contributed by atoms with van der Waals surface area (Å²) in [5.74, 6) is 2.09. The van der Waals surface area contributed by atoms with Gasteiger partial charge >= 0.3 is 0 Å². The molecule has 90 valence electrons. The molecule has 5 rings (SSSR count). The van der Waals surface area contributed by atoms with Crippen LogP contribution in [0.3, 0.4) is 0 Å². The first kappa shape index (κ1) is 10.0. The average molecular weight is 237 g/mol. The third-order valence-corrected chi connectivity index (χ3v) is 4.54. The molecule has 3 aliphatic rings. The van der Waals surface area contributed by atoms with Gasteiger partial charge in [0.1, 0.15) is 5.82 Å². The zero-order valence-corrected chi connectivity index (χ0v) is 10.5. The Balaban J connectivity index is 2.11. The molecule has 4 heterocycles. The molecule has 3 heteroatoms. The van der Waals surface area contributed by atoms with Crippen LogP contribution in [-0.4, -0.2) is 17.7 Å². The third kappa shape index (κ3) is 1.08. The largest absolute Gasteiger partial charge is 0.358 e. The minimum absolute atomic E-state index is 0.697. The van der Waals surface area contributed by atoms with E-state index in [-0.39, 0.29) is 0 Å². The Morgan fingerprint density at radius 1 is 1.28 bits per heavy atom. The second-order valence-electron chi connectivity index (χ2n) is 5.40. The summed E-state index contributed by atoms with van der Waals surface area (Å²) in [5.41, 5.74) is 3.52. The van der Waals surface area contributed by atoms with Crippen LogP contribution < -0.4 is 4.90 Å². The molecule has 3 nitrogen and oxygen atoms in total. The number of anilines is 1. The molecule has 18 heavy (non-hydrogen) atoms. The molecule has 0 radical (unpaired) electrons. The molecule has 0 amide bonds. The lowest BCUT2D eigenvalue weighted by Gasteiger charge is -2.41. The van der Waals surface area contributed by atoms with Crippen molar-refractivity contribution in [3.05, 3.63) is 29.3 Å². The predicted octanol–water partition coefficient (Wildman–Crippen LogP) is 2.75. The Bertz CT molecular complexity index is 682. The molecule has 1 saturated heterocycles. The number of benzene rings is 1. The Labute approximate surface area is 106 Å². The summed E-state index contributed by atoms with van der Waals surface area (Å²) in [7, 11) is 2.15. The summed E-state index contributed by atoms with van der Waals surface area (Å²) in [6.07, 6.45) is 2.53. The Morgan fingerprint density at radius 3 is 2.78 bits per heavy atom. The van der Waals surface area contributed by atoms with Crippen molar-refractivity contribution in [1.29, 1.82) is 5.26 Å². The maximum absolute atomic E-state index is 9.07. The molecular formula is C15H15N3. The molecule has 1 aromatic carbocycles. The van der Waals surface area contributed by atoms with Crippen LogP contribution >= 0.6 is 0 Å². The summed E-state index contributed by atoms with van der Waals surface area (Å²) in [6, 6.07) is 8.33. The van der Waals surface area contributed by atoms with Crippen LogP contribution in [-0.2, 0) is 7.05 Å². The van der Waals surface area contributed by atoms with Crippen molar-refractivity contribution in [2.75, 3.05) is 18.0 Å². The number of rotatable bonds is 0. The van der Waals surface area contributed by atoms with Crippen LogP contribution in [0.5, 0.6) is 0 Å². The normalized spacial score (nSPS) is 18.1. The summed E-state index contributed by atoms with van der Waals surface area (Å²) >= 11 is 0. The van der Waals surface area contributed by atoms with Gasteiger partial charge in [0.25, 0.3) is 0 Å². The maximum Gasteiger partial charge on any atom is 0.112 e. The Hall–Kier alpha value is -1.95. The number of hydrogen-bond acceptors (Lipinski definition) is 2. The van der Waals surface area contributed by atoms with Gasteiger partial charge in [0.2, 0.25) is 0 Å². The number of fused-ring (bicyclic) bond motifs is 3. The van der Waals surface area contributed by atoms with Gasteiger partial charge in [-0.1, -0.05) is 0 Å². The van der Waals surface area contributed by atoms with Gasteiger partial charge in [-0.25, -0.2) is 0 Å². The standard InChI is InChI=1S/C15H15N3/c1-17-13-3-2-10(9-16)8-12(13)14-11-4-6-18(7-5-11)15(14)17/h2-3,8,11H,4-7H2,1H3. The molecule has 1 aromatic heterocycles. The highest BCUT2D eigenvalue weighted by molar-refractivity contribution is 5.92. The smallest absolute Gasteiger partial charge is 0.112 e. The van der Waals surface area contributed by atoms with Gasteiger partial charge in [-0.2, -0.15) is 5.26 Å². The highest BCUT2D eigenvalue weighted by atomic mass is 15.3. The second-order valence-corrected chi connectivity index (χ2v) is 5.40. The fraction of sp³-hybridized carbons (Fsp3) is 0.400. The van der Waals surface area contributed by atoms with E-state index in [4.69, 9.17) is 5.26 Å². The molecule has 0 N–H and O–H groups in total. The van der Waals surface area contributed by atoms with E-state index in [0.29, 0.717) is 5.92 Å². The van der Waals surface area contributed by atoms with E-state index in [2.05, 4.69) is 34.7 Å². The molecule has 2 aromatic rings. The molecule has 0 aliphatic carbocycles. The maximum atomic E-state index is 9.07.